The lowest BCUT2D eigenvalue weighted by Crippen LogP contribution is -2.24. The highest BCUT2D eigenvalue weighted by atomic mass is 32.1. The zero-order chi connectivity index (χ0) is 21.3. The molecule has 0 aliphatic rings. The number of rotatable bonds is 8. The average molecular weight is 426 g/mol. The molecule has 3 aromatic rings. The second-order valence-corrected chi connectivity index (χ2v) is 7.38. The van der Waals surface area contributed by atoms with E-state index >= 15 is 0 Å². The minimum absolute atomic E-state index is 0.0491. The first-order chi connectivity index (χ1) is 14.6. The third kappa shape index (κ3) is 5.74. The minimum atomic E-state index is -0.414. The van der Waals surface area contributed by atoms with Gasteiger partial charge in [-0.2, -0.15) is 0 Å². The van der Waals surface area contributed by atoms with Crippen molar-refractivity contribution >= 4 is 34.6 Å². The van der Waals surface area contributed by atoms with Crippen LogP contribution < -0.4 is 25.4 Å². The number of carbonyl (C=O) groups excluding carboxylic acids is 2. The fourth-order valence-electron chi connectivity index (χ4n) is 2.82. The van der Waals surface area contributed by atoms with E-state index in [1.807, 2.05) is 29.6 Å². The molecule has 0 bridgehead atoms. The van der Waals surface area contributed by atoms with E-state index in [4.69, 9.17) is 9.47 Å². The Bertz CT molecular complexity index is 988. The van der Waals surface area contributed by atoms with Crippen LogP contribution in [0.1, 0.15) is 10.4 Å². The maximum Gasteiger partial charge on any atom is 0.323 e. The summed E-state index contributed by atoms with van der Waals surface area (Å²) in [4.78, 5) is 25.5. The molecule has 8 heteroatoms. The van der Waals surface area contributed by atoms with Crippen molar-refractivity contribution in [1.29, 1.82) is 0 Å². The molecule has 0 saturated carbocycles. The molecule has 156 valence electrons. The van der Waals surface area contributed by atoms with Crippen LogP contribution in [0, 0.1) is 0 Å². The van der Waals surface area contributed by atoms with Gasteiger partial charge in [-0.3, -0.25) is 4.79 Å². The quantitative estimate of drug-likeness (QED) is 0.503. The van der Waals surface area contributed by atoms with Gasteiger partial charge in [0.05, 0.1) is 32.9 Å². The highest BCUT2D eigenvalue weighted by molar-refractivity contribution is 7.09. The molecule has 30 heavy (non-hydrogen) atoms. The highest BCUT2D eigenvalue weighted by Gasteiger charge is 2.12. The number of hydrogen-bond donors (Lipinski definition) is 3. The van der Waals surface area contributed by atoms with Gasteiger partial charge < -0.3 is 25.4 Å². The Hall–Kier alpha value is -3.52. The van der Waals surface area contributed by atoms with Crippen molar-refractivity contribution in [3.63, 3.8) is 0 Å². The van der Waals surface area contributed by atoms with Gasteiger partial charge in [0.25, 0.3) is 0 Å². The fourth-order valence-corrected chi connectivity index (χ4v) is 3.47. The van der Waals surface area contributed by atoms with Gasteiger partial charge in [-0.15, -0.1) is 11.3 Å². The lowest BCUT2D eigenvalue weighted by molar-refractivity contribution is -0.120. The monoisotopic (exact) mass is 425 g/mol. The smallest absolute Gasteiger partial charge is 0.323 e. The molecule has 0 unspecified atom stereocenters. The van der Waals surface area contributed by atoms with Gasteiger partial charge in [0.15, 0.2) is 11.5 Å². The molecule has 0 saturated heterocycles. The third-order valence-corrected chi connectivity index (χ3v) is 5.14. The van der Waals surface area contributed by atoms with Crippen LogP contribution in [0.3, 0.4) is 0 Å². The first kappa shape index (κ1) is 21.2. The van der Waals surface area contributed by atoms with E-state index in [-0.39, 0.29) is 12.3 Å². The summed E-state index contributed by atoms with van der Waals surface area (Å²) in [5.41, 5.74) is 1.96. The number of ether oxygens (including phenoxy) is 2. The SMILES string of the molecule is COc1cccc(NC(=O)Nc2ccc(CC(=O)NCc3cccs3)cc2)c1OC. The summed E-state index contributed by atoms with van der Waals surface area (Å²) in [5.74, 6) is 0.919. The standard InChI is InChI=1S/C22H23N3O4S/c1-28-19-7-3-6-18(21(19)29-2)25-22(27)24-16-10-8-15(9-11-16)13-20(26)23-14-17-5-4-12-30-17/h3-12H,13-14H2,1-2H3,(H,23,26)(H2,24,25,27). The van der Waals surface area contributed by atoms with E-state index in [1.165, 1.54) is 14.2 Å². The summed E-state index contributed by atoms with van der Waals surface area (Å²) in [6, 6.07) is 15.9. The number of methoxy groups -OCH3 is 2. The second-order valence-electron chi connectivity index (χ2n) is 6.35. The first-order valence-electron chi connectivity index (χ1n) is 9.26. The Kier molecular flexibility index (Phi) is 7.29. The van der Waals surface area contributed by atoms with Gasteiger partial charge in [0, 0.05) is 10.6 Å². The summed E-state index contributed by atoms with van der Waals surface area (Å²) < 4.78 is 10.5. The predicted octanol–water partition coefficient (Wildman–Crippen LogP) is 4.27. The van der Waals surface area contributed by atoms with Gasteiger partial charge in [-0.05, 0) is 41.3 Å². The number of anilines is 2. The van der Waals surface area contributed by atoms with E-state index in [0.717, 1.165) is 10.4 Å². The normalized spacial score (nSPS) is 10.2. The molecular formula is C22H23N3O4S. The molecule has 0 fully saturated rings. The summed E-state index contributed by atoms with van der Waals surface area (Å²) in [5, 5.41) is 10.4. The van der Waals surface area contributed by atoms with Gasteiger partial charge >= 0.3 is 6.03 Å². The lowest BCUT2D eigenvalue weighted by Gasteiger charge is -2.14. The topological polar surface area (TPSA) is 88.7 Å². The number of nitrogens with one attached hydrogen (secondary N) is 3. The molecule has 0 atom stereocenters. The summed E-state index contributed by atoms with van der Waals surface area (Å²) in [6.07, 6.45) is 0.277. The molecule has 7 nitrogen and oxygen atoms in total. The molecule has 0 aliphatic heterocycles. The number of amides is 3. The first-order valence-corrected chi connectivity index (χ1v) is 10.1. The van der Waals surface area contributed by atoms with Gasteiger partial charge in [0.2, 0.25) is 5.91 Å². The Labute approximate surface area is 179 Å². The van der Waals surface area contributed by atoms with E-state index in [9.17, 15) is 9.59 Å². The Morgan fingerprint density at radius 2 is 1.73 bits per heavy atom. The number of urea groups is 1. The van der Waals surface area contributed by atoms with Crippen molar-refractivity contribution in [1.82, 2.24) is 5.32 Å². The molecular weight excluding hydrogens is 402 g/mol. The van der Waals surface area contributed by atoms with Crippen molar-refractivity contribution in [3.05, 3.63) is 70.4 Å². The molecule has 3 rings (SSSR count). The van der Waals surface area contributed by atoms with E-state index in [0.29, 0.717) is 29.4 Å². The van der Waals surface area contributed by atoms with Crippen molar-refractivity contribution in [2.45, 2.75) is 13.0 Å². The summed E-state index contributed by atoms with van der Waals surface area (Å²) in [7, 11) is 3.04. The van der Waals surface area contributed by atoms with Crippen LogP contribution in [0.5, 0.6) is 11.5 Å². The van der Waals surface area contributed by atoms with Crippen LogP contribution in [-0.4, -0.2) is 26.2 Å². The van der Waals surface area contributed by atoms with Crippen LogP contribution >= 0.6 is 11.3 Å². The Balaban J connectivity index is 1.52. The lowest BCUT2D eigenvalue weighted by atomic mass is 10.1. The maximum absolute atomic E-state index is 12.3. The number of benzene rings is 2. The summed E-state index contributed by atoms with van der Waals surface area (Å²) in [6.45, 7) is 0.532. The molecule has 3 amide bonds. The van der Waals surface area contributed by atoms with Crippen LogP contribution in [0.2, 0.25) is 0 Å². The predicted molar refractivity (Wildman–Crippen MR) is 118 cm³/mol. The second kappa shape index (κ2) is 10.3. The molecule has 0 radical (unpaired) electrons. The summed E-state index contributed by atoms with van der Waals surface area (Å²) >= 11 is 1.61. The zero-order valence-corrected chi connectivity index (χ0v) is 17.5. The van der Waals surface area contributed by atoms with Crippen LogP contribution in [0.25, 0.3) is 0 Å². The Morgan fingerprint density at radius 1 is 0.933 bits per heavy atom. The molecule has 0 aliphatic carbocycles. The Morgan fingerprint density at radius 3 is 2.40 bits per heavy atom. The van der Waals surface area contributed by atoms with Crippen LogP contribution in [-0.2, 0) is 17.8 Å². The number of para-hydroxylation sites is 1. The van der Waals surface area contributed by atoms with Crippen LogP contribution in [0.4, 0.5) is 16.2 Å². The molecule has 2 aromatic carbocycles. The number of carbonyl (C=O) groups is 2. The van der Waals surface area contributed by atoms with E-state index in [1.54, 1.807) is 41.7 Å². The largest absolute Gasteiger partial charge is 0.493 e. The van der Waals surface area contributed by atoms with Gasteiger partial charge in [-0.25, -0.2) is 4.79 Å². The average Bonchev–Trinajstić information content (AvgIpc) is 3.27. The molecule has 3 N–H and O–H groups in total. The number of thiophene rings is 1. The zero-order valence-electron chi connectivity index (χ0n) is 16.7. The van der Waals surface area contributed by atoms with Crippen molar-refractivity contribution in [3.8, 4) is 11.5 Å². The van der Waals surface area contributed by atoms with Crippen molar-refractivity contribution in [2.75, 3.05) is 24.9 Å². The van der Waals surface area contributed by atoms with Gasteiger partial charge in [-0.1, -0.05) is 24.3 Å². The third-order valence-electron chi connectivity index (χ3n) is 4.27. The number of hydrogen-bond acceptors (Lipinski definition) is 5. The minimum Gasteiger partial charge on any atom is -0.493 e. The van der Waals surface area contributed by atoms with Crippen molar-refractivity contribution in [2.24, 2.45) is 0 Å². The molecule has 1 aromatic heterocycles. The molecule has 0 spiro atoms. The highest BCUT2D eigenvalue weighted by Crippen LogP contribution is 2.34. The maximum atomic E-state index is 12.3. The van der Waals surface area contributed by atoms with Crippen molar-refractivity contribution < 1.29 is 19.1 Å². The fraction of sp³-hybridized carbons (Fsp3) is 0.182. The van der Waals surface area contributed by atoms with E-state index in [2.05, 4.69) is 16.0 Å². The van der Waals surface area contributed by atoms with E-state index < -0.39 is 6.03 Å². The molecule has 1 heterocycles. The van der Waals surface area contributed by atoms with Crippen LogP contribution in [0.15, 0.2) is 60.0 Å². The van der Waals surface area contributed by atoms with Gasteiger partial charge in [0.1, 0.15) is 0 Å².